The molecule has 1 heterocycles. The number of aromatic amines is 1. The van der Waals surface area contributed by atoms with Gasteiger partial charge >= 0.3 is 0 Å². The fourth-order valence-corrected chi connectivity index (χ4v) is 2.35. The summed E-state index contributed by atoms with van der Waals surface area (Å²) in [6.45, 7) is 0. The number of aromatic nitrogens is 1. The van der Waals surface area contributed by atoms with Crippen LogP contribution in [-0.2, 0) is 12.8 Å². The third-order valence-corrected chi connectivity index (χ3v) is 3.07. The smallest absolute Gasteiger partial charge is 0.0585 e. The molecule has 3 rings (SSSR count). The van der Waals surface area contributed by atoms with E-state index in [2.05, 4.69) is 23.2 Å². The molecule has 1 atom stereocenters. The summed E-state index contributed by atoms with van der Waals surface area (Å²) in [7, 11) is 0. The van der Waals surface area contributed by atoms with E-state index in [9.17, 15) is 5.11 Å². The molecule has 0 saturated heterocycles. The van der Waals surface area contributed by atoms with Gasteiger partial charge in [-0.2, -0.15) is 0 Å². The van der Waals surface area contributed by atoms with Crippen LogP contribution >= 0.6 is 0 Å². The van der Waals surface area contributed by atoms with E-state index in [1.54, 1.807) is 0 Å². The van der Waals surface area contributed by atoms with E-state index in [1.807, 2.05) is 6.07 Å². The SMILES string of the molecule is O[C@@H]1CCc2[nH]c3ccccc3c2C1. The molecule has 2 heteroatoms. The Hall–Kier alpha value is -1.28. The van der Waals surface area contributed by atoms with Crippen molar-refractivity contribution >= 4 is 10.9 Å². The molecule has 0 aliphatic heterocycles. The van der Waals surface area contributed by atoms with E-state index in [0.29, 0.717) is 0 Å². The maximum atomic E-state index is 9.62. The zero-order chi connectivity index (χ0) is 9.54. The van der Waals surface area contributed by atoms with E-state index in [1.165, 1.54) is 22.2 Å². The van der Waals surface area contributed by atoms with Crippen molar-refractivity contribution in [2.75, 3.05) is 0 Å². The summed E-state index contributed by atoms with van der Waals surface area (Å²) >= 11 is 0. The molecule has 72 valence electrons. The third kappa shape index (κ3) is 1.07. The highest BCUT2D eigenvalue weighted by Crippen LogP contribution is 2.28. The Labute approximate surface area is 82.6 Å². The standard InChI is InChI=1S/C12H13NO/c14-8-5-6-12-10(7-8)9-3-1-2-4-11(9)13-12/h1-4,8,13-14H,5-7H2/t8-/m1/s1. The molecule has 0 radical (unpaired) electrons. The van der Waals surface area contributed by atoms with Crippen LogP contribution in [0.4, 0.5) is 0 Å². The van der Waals surface area contributed by atoms with Crippen molar-refractivity contribution in [3.05, 3.63) is 35.5 Å². The molecule has 0 unspecified atom stereocenters. The van der Waals surface area contributed by atoms with Crippen LogP contribution in [0, 0.1) is 0 Å². The van der Waals surface area contributed by atoms with E-state index < -0.39 is 0 Å². The van der Waals surface area contributed by atoms with Crippen molar-refractivity contribution in [1.82, 2.24) is 4.98 Å². The van der Waals surface area contributed by atoms with Crippen LogP contribution in [0.3, 0.4) is 0 Å². The quantitative estimate of drug-likeness (QED) is 0.650. The van der Waals surface area contributed by atoms with E-state index in [-0.39, 0.29) is 6.10 Å². The van der Waals surface area contributed by atoms with Gasteiger partial charge in [0, 0.05) is 23.0 Å². The molecule has 1 aliphatic carbocycles. The monoisotopic (exact) mass is 187 g/mol. The molecular weight excluding hydrogens is 174 g/mol. The van der Waals surface area contributed by atoms with Gasteiger partial charge in [-0.05, 0) is 24.5 Å². The highest BCUT2D eigenvalue weighted by molar-refractivity contribution is 5.84. The summed E-state index contributed by atoms with van der Waals surface area (Å²) in [4.78, 5) is 3.43. The molecular formula is C12H13NO. The Morgan fingerprint density at radius 2 is 2.14 bits per heavy atom. The van der Waals surface area contributed by atoms with E-state index >= 15 is 0 Å². The summed E-state index contributed by atoms with van der Waals surface area (Å²) in [5.41, 5.74) is 3.84. The predicted molar refractivity (Wildman–Crippen MR) is 56.3 cm³/mol. The molecule has 0 spiro atoms. The van der Waals surface area contributed by atoms with Crippen molar-refractivity contribution in [2.45, 2.75) is 25.4 Å². The number of aliphatic hydroxyl groups excluding tert-OH is 1. The first-order valence-electron chi connectivity index (χ1n) is 5.11. The minimum Gasteiger partial charge on any atom is -0.393 e. The second-order valence-corrected chi connectivity index (χ2v) is 4.02. The van der Waals surface area contributed by atoms with Crippen LogP contribution in [0.2, 0.25) is 0 Å². The number of hydrogen-bond acceptors (Lipinski definition) is 1. The van der Waals surface area contributed by atoms with E-state index in [0.717, 1.165) is 19.3 Å². The van der Waals surface area contributed by atoms with E-state index in [4.69, 9.17) is 0 Å². The lowest BCUT2D eigenvalue weighted by Gasteiger charge is -2.16. The number of benzene rings is 1. The Balaban J connectivity index is 2.25. The summed E-state index contributed by atoms with van der Waals surface area (Å²) in [5, 5.41) is 10.9. The molecule has 1 aromatic heterocycles. The molecule has 2 aromatic rings. The zero-order valence-electron chi connectivity index (χ0n) is 7.96. The fraction of sp³-hybridized carbons (Fsp3) is 0.333. The highest BCUT2D eigenvalue weighted by atomic mass is 16.3. The molecule has 1 aromatic carbocycles. The minimum absolute atomic E-state index is 0.151. The molecule has 14 heavy (non-hydrogen) atoms. The third-order valence-electron chi connectivity index (χ3n) is 3.07. The highest BCUT2D eigenvalue weighted by Gasteiger charge is 2.20. The molecule has 1 aliphatic rings. The lowest BCUT2D eigenvalue weighted by atomic mass is 9.93. The predicted octanol–water partition coefficient (Wildman–Crippen LogP) is 2.02. The lowest BCUT2D eigenvalue weighted by Crippen LogP contribution is -2.17. The first-order chi connectivity index (χ1) is 6.84. The van der Waals surface area contributed by atoms with Gasteiger partial charge in [0.15, 0.2) is 0 Å². The Morgan fingerprint density at radius 1 is 1.29 bits per heavy atom. The Bertz CT molecular complexity index is 472. The topological polar surface area (TPSA) is 36.0 Å². The van der Waals surface area contributed by atoms with Gasteiger partial charge in [0.1, 0.15) is 0 Å². The second kappa shape index (κ2) is 2.85. The van der Waals surface area contributed by atoms with Gasteiger partial charge < -0.3 is 10.1 Å². The lowest BCUT2D eigenvalue weighted by molar-refractivity contribution is 0.158. The molecule has 0 bridgehead atoms. The van der Waals surface area contributed by atoms with Crippen LogP contribution < -0.4 is 0 Å². The number of para-hydroxylation sites is 1. The Kier molecular flexibility index (Phi) is 1.64. The van der Waals surface area contributed by atoms with Crippen LogP contribution in [0.1, 0.15) is 17.7 Å². The average molecular weight is 187 g/mol. The second-order valence-electron chi connectivity index (χ2n) is 4.02. The van der Waals surface area contributed by atoms with Crippen LogP contribution in [0.5, 0.6) is 0 Å². The number of rotatable bonds is 0. The van der Waals surface area contributed by atoms with Gasteiger partial charge in [-0.25, -0.2) is 0 Å². The van der Waals surface area contributed by atoms with Crippen LogP contribution in [0.25, 0.3) is 10.9 Å². The van der Waals surface area contributed by atoms with Crippen molar-refractivity contribution < 1.29 is 5.11 Å². The van der Waals surface area contributed by atoms with Crippen molar-refractivity contribution in [1.29, 1.82) is 0 Å². The van der Waals surface area contributed by atoms with Gasteiger partial charge in [0.25, 0.3) is 0 Å². The van der Waals surface area contributed by atoms with Gasteiger partial charge in [-0.3, -0.25) is 0 Å². The molecule has 2 nitrogen and oxygen atoms in total. The number of aryl methyl sites for hydroxylation is 1. The largest absolute Gasteiger partial charge is 0.393 e. The minimum atomic E-state index is -0.151. The summed E-state index contributed by atoms with van der Waals surface area (Å²) in [6, 6.07) is 8.32. The molecule has 2 N–H and O–H groups in total. The molecule has 0 amide bonds. The number of hydrogen-bond donors (Lipinski definition) is 2. The Morgan fingerprint density at radius 3 is 3.07 bits per heavy atom. The van der Waals surface area contributed by atoms with Gasteiger partial charge in [-0.1, -0.05) is 18.2 Å². The average Bonchev–Trinajstić information content (AvgIpc) is 2.56. The van der Waals surface area contributed by atoms with Crippen molar-refractivity contribution in [3.63, 3.8) is 0 Å². The van der Waals surface area contributed by atoms with Crippen LogP contribution in [0.15, 0.2) is 24.3 Å². The van der Waals surface area contributed by atoms with Crippen molar-refractivity contribution in [3.8, 4) is 0 Å². The number of nitrogens with one attached hydrogen (secondary N) is 1. The molecule has 0 saturated carbocycles. The van der Waals surface area contributed by atoms with Gasteiger partial charge in [0.2, 0.25) is 0 Å². The normalized spacial score (nSPS) is 21.1. The fourth-order valence-electron chi connectivity index (χ4n) is 2.35. The summed E-state index contributed by atoms with van der Waals surface area (Å²) in [6.07, 6.45) is 2.52. The zero-order valence-corrected chi connectivity index (χ0v) is 7.96. The number of fused-ring (bicyclic) bond motifs is 3. The number of aliphatic hydroxyl groups is 1. The van der Waals surface area contributed by atoms with Crippen molar-refractivity contribution in [2.24, 2.45) is 0 Å². The van der Waals surface area contributed by atoms with Gasteiger partial charge in [-0.15, -0.1) is 0 Å². The van der Waals surface area contributed by atoms with Gasteiger partial charge in [0.05, 0.1) is 6.10 Å². The maximum Gasteiger partial charge on any atom is 0.0585 e. The number of H-pyrrole nitrogens is 1. The first kappa shape index (κ1) is 8.06. The maximum absolute atomic E-state index is 9.62. The summed E-state index contributed by atoms with van der Waals surface area (Å²) in [5.74, 6) is 0. The molecule has 0 fully saturated rings. The summed E-state index contributed by atoms with van der Waals surface area (Å²) < 4.78 is 0. The van der Waals surface area contributed by atoms with Crippen LogP contribution in [-0.4, -0.2) is 16.2 Å². The first-order valence-corrected chi connectivity index (χ1v) is 5.11.